The summed E-state index contributed by atoms with van der Waals surface area (Å²) in [4.78, 5) is 19.2. The van der Waals surface area contributed by atoms with E-state index in [0.717, 1.165) is 16.1 Å². The second kappa shape index (κ2) is 9.00. The van der Waals surface area contributed by atoms with Crippen LogP contribution >= 0.6 is 23.2 Å². The molecule has 1 aliphatic rings. The van der Waals surface area contributed by atoms with Crippen LogP contribution in [0.15, 0.2) is 53.7 Å². The summed E-state index contributed by atoms with van der Waals surface area (Å²) in [5.74, 6) is 2.11. The number of hydroxylamine groups is 1. The standard InChI is InChI=1S/C22H20Cl2N4O2/c1-13-6-7-15(19(24)8-13)9-17-12-29-28-22(27-17)21-20(11-25-14(2)26-21)30-18-5-3-4-16(23)10-18/h3-8,10-11,17H,9,12H2,1-2H3,(H,27,28)/t17-/m1/s1. The number of ether oxygens (including phenoxy) is 1. The number of rotatable bonds is 5. The van der Waals surface area contributed by atoms with Crippen LogP contribution in [0.2, 0.25) is 10.0 Å². The number of halogens is 2. The summed E-state index contributed by atoms with van der Waals surface area (Å²) in [6.07, 6.45) is 2.27. The van der Waals surface area contributed by atoms with Crippen molar-refractivity contribution in [1.29, 1.82) is 0 Å². The summed E-state index contributed by atoms with van der Waals surface area (Å²) >= 11 is 12.5. The van der Waals surface area contributed by atoms with Crippen LogP contribution in [0.4, 0.5) is 0 Å². The molecule has 0 unspecified atom stereocenters. The minimum Gasteiger partial charge on any atom is -0.453 e. The van der Waals surface area contributed by atoms with Crippen LogP contribution in [0, 0.1) is 13.8 Å². The Morgan fingerprint density at radius 1 is 1.17 bits per heavy atom. The number of hydrogen-bond acceptors (Lipinski definition) is 6. The number of nitrogens with one attached hydrogen (secondary N) is 1. The topological polar surface area (TPSA) is 68.6 Å². The van der Waals surface area contributed by atoms with Gasteiger partial charge in [-0.05, 0) is 55.7 Å². The van der Waals surface area contributed by atoms with Gasteiger partial charge in [-0.3, -0.25) is 9.83 Å². The van der Waals surface area contributed by atoms with Gasteiger partial charge >= 0.3 is 0 Å². The molecule has 0 fully saturated rings. The van der Waals surface area contributed by atoms with Gasteiger partial charge in [0.2, 0.25) is 0 Å². The Bertz CT molecular complexity index is 1100. The van der Waals surface area contributed by atoms with E-state index < -0.39 is 0 Å². The first-order chi connectivity index (χ1) is 14.5. The first-order valence-electron chi connectivity index (χ1n) is 9.46. The lowest BCUT2D eigenvalue weighted by Crippen LogP contribution is -2.37. The van der Waals surface area contributed by atoms with Gasteiger partial charge in [-0.2, -0.15) is 0 Å². The zero-order chi connectivity index (χ0) is 21.1. The van der Waals surface area contributed by atoms with E-state index in [0.29, 0.717) is 46.9 Å². The molecule has 0 spiro atoms. The number of aryl methyl sites for hydroxylation is 2. The van der Waals surface area contributed by atoms with Crippen molar-refractivity contribution in [2.45, 2.75) is 26.3 Å². The highest BCUT2D eigenvalue weighted by molar-refractivity contribution is 6.31. The van der Waals surface area contributed by atoms with Gasteiger partial charge in [-0.15, -0.1) is 0 Å². The zero-order valence-corrected chi connectivity index (χ0v) is 18.0. The summed E-state index contributed by atoms with van der Waals surface area (Å²) in [5, 5.41) is 1.31. The molecular formula is C22H20Cl2N4O2. The molecule has 1 aromatic heterocycles. The number of amidine groups is 1. The SMILES string of the molecule is Cc1ccc(C[C@@H]2CONC(c3nc(C)ncc3Oc3cccc(Cl)c3)=N2)c(Cl)c1. The Morgan fingerprint density at radius 2 is 2.03 bits per heavy atom. The van der Waals surface area contributed by atoms with Crippen molar-refractivity contribution in [3.8, 4) is 11.5 Å². The number of nitrogens with zero attached hydrogens (tertiary/aromatic N) is 3. The molecule has 1 N–H and O–H groups in total. The second-order valence-electron chi connectivity index (χ2n) is 7.03. The van der Waals surface area contributed by atoms with Crippen LogP contribution in [0.1, 0.15) is 22.6 Å². The van der Waals surface area contributed by atoms with Gasteiger partial charge < -0.3 is 4.74 Å². The second-order valence-corrected chi connectivity index (χ2v) is 7.88. The smallest absolute Gasteiger partial charge is 0.175 e. The molecule has 0 saturated carbocycles. The molecule has 0 bridgehead atoms. The van der Waals surface area contributed by atoms with Gasteiger partial charge in [0.15, 0.2) is 17.3 Å². The lowest BCUT2D eigenvalue weighted by molar-refractivity contribution is 0.0621. The first-order valence-corrected chi connectivity index (χ1v) is 10.2. The van der Waals surface area contributed by atoms with Crippen LogP contribution in [-0.4, -0.2) is 28.5 Å². The fourth-order valence-electron chi connectivity index (χ4n) is 3.10. The summed E-state index contributed by atoms with van der Waals surface area (Å²) in [7, 11) is 0. The van der Waals surface area contributed by atoms with Crippen LogP contribution < -0.4 is 10.2 Å². The monoisotopic (exact) mass is 442 g/mol. The van der Waals surface area contributed by atoms with E-state index in [4.69, 9.17) is 37.8 Å². The molecule has 3 aromatic rings. The molecule has 6 nitrogen and oxygen atoms in total. The van der Waals surface area contributed by atoms with E-state index in [-0.39, 0.29) is 6.04 Å². The molecule has 1 aliphatic heterocycles. The van der Waals surface area contributed by atoms with E-state index in [9.17, 15) is 0 Å². The van der Waals surface area contributed by atoms with E-state index in [1.54, 1.807) is 25.3 Å². The van der Waals surface area contributed by atoms with Gasteiger partial charge in [-0.1, -0.05) is 41.4 Å². The van der Waals surface area contributed by atoms with Crippen molar-refractivity contribution < 1.29 is 9.57 Å². The fraction of sp³-hybridized carbons (Fsp3) is 0.227. The largest absolute Gasteiger partial charge is 0.453 e. The van der Waals surface area contributed by atoms with E-state index in [1.807, 2.05) is 37.3 Å². The highest BCUT2D eigenvalue weighted by atomic mass is 35.5. The summed E-state index contributed by atoms with van der Waals surface area (Å²) in [5.41, 5.74) is 5.52. The Hall–Kier alpha value is -2.67. The maximum atomic E-state index is 6.39. The van der Waals surface area contributed by atoms with E-state index >= 15 is 0 Å². The molecule has 0 aliphatic carbocycles. The molecule has 4 rings (SSSR count). The normalized spacial score (nSPS) is 16.0. The minimum atomic E-state index is -0.115. The van der Waals surface area contributed by atoms with Gasteiger partial charge in [0.1, 0.15) is 11.6 Å². The molecular weight excluding hydrogens is 423 g/mol. The number of hydrogen-bond donors (Lipinski definition) is 1. The van der Waals surface area contributed by atoms with Crippen LogP contribution in [0.25, 0.3) is 0 Å². The Morgan fingerprint density at radius 3 is 2.83 bits per heavy atom. The van der Waals surface area contributed by atoms with Gasteiger partial charge in [0, 0.05) is 10.0 Å². The quantitative estimate of drug-likeness (QED) is 0.595. The highest BCUT2D eigenvalue weighted by Crippen LogP contribution is 2.27. The molecule has 2 heterocycles. The maximum absolute atomic E-state index is 6.39. The van der Waals surface area contributed by atoms with E-state index in [2.05, 4.69) is 15.4 Å². The average Bonchev–Trinajstić information content (AvgIpc) is 2.72. The Balaban J connectivity index is 1.62. The third-order valence-electron chi connectivity index (χ3n) is 4.54. The molecule has 30 heavy (non-hydrogen) atoms. The predicted octanol–water partition coefficient (Wildman–Crippen LogP) is 5.09. The Labute approximate surface area is 184 Å². The van der Waals surface area contributed by atoms with Gasteiger partial charge in [0.05, 0.1) is 18.8 Å². The van der Waals surface area contributed by atoms with Crippen molar-refractivity contribution in [3.63, 3.8) is 0 Å². The van der Waals surface area contributed by atoms with Crippen molar-refractivity contribution >= 4 is 29.0 Å². The van der Waals surface area contributed by atoms with Crippen molar-refractivity contribution in [3.05, 3.63) is 81.4 Å². The number of aliphatic imine (C=N–C) groups is 1. The Kier molecular flexibility index (Phi) is 6.18. The predicted molar refractivity (Wildman–Crippen MR) is 118 cm³/mol. The number of benzene rings is 2. The molecule has 0 amide bonds. The third-order valence-corrected chi connectivity index (χ3v) is 5.13. The van der Waals surface area contributed by atoms with E-state index in [1.165, 1.54) is 0 Å². The fourth-order valence-corrected chi connectivity index (χ4v) is 3.59. The van der Waals surface area contributed by atoms with Gasteiger partial charge in [-0.25, -0.2) is 15.4 Å². The van der Waals surface area contributed by atoms with Crippen molar-refractivity contribution in [2.24, 2.45) is 4.99 Å². The third kappa shape index (κ3) is 4.90. The molecule has 0 saturated heterocycles. The highest BCUT2D eigenvalue weighted by Gasteiger charge is 2.22. The van der Waals surface area contributed by atoms with Crippen molar-refractivity contribution in [1.82, 2.24) is 15.4 Å². The lowest BCUT2D eigenvalue weighted by Gasteiger charge is -2.23. The maximum Gasteiger partial charge on any atom is 0.175 e. The lowest BCUT2D eigenvalue weighted by atomic mass is 10.0. The summed E-state index contributed by atoms with van der Waals surface area (Å²) < 4.78 is 5.98. The molecule has 1 atom stereocenters. The van der Waals surface area contributed by atoms with Crippen LogP contribution in [0.3, 0.4) is 0 Å². The minimum absolute atomic E-state index is 0.115. The average molecular weight is 443 g/mol. The molecule has 2 aromatic carbocycles. The first kappa shape index (κ1) is 20.6. The van der Waals surface area contributed by atoms with Crippen LogP contribution in [-0.2, 0) is 11.3 Å². The summed E-state index contributed by atoms with van der Waals surface area (Å²) in [6, 6.07) is 13.0. The number of aromatic nitrogens is 2. The molecule has 8 heteroatoms. The van der Waals surface area contributed by atoms with Crippen LogP contribution in [0.5, 0.6) is 11.5 Å². The molecule has 0 radical (unpaired) electrons. The molecule has 154 valence electrons. The van der Waals surface area contributed by atoms with Gasteiger partial charge in [0.25, 0.3) is 0 Å². The zero-order valence-electron chi connectivity index (χ0n) is 16.5. The van der Waals surface area contributed by atoms with Crippen molar-refractivity contribution in [2.75, 3.05) is 6.61 Å². The summed E-state index contributed by atoms with van der Waals surface area (Å²) in [6.45, 7) is 4.24.